The fourth-order valence-corrected chi connectivity index (χ4v) is 3.59. The zero-order valence-electron chi connectivity index (χ0n) is 17.2. The number of carbonyl (C=O) groups excluding carboxylic acids is 1. The number of rotatable bonds is 5. The van der Waals surface area contributed by atoms with Crippen LogP contribution in [0.1, 0.15) is 28.8 Å². The van der Waals surface area contributed by atoms with E-state index >= 15 is 0 Å². The minimum absolute atomic E-state index is 0. The number of hydrogen-bond acceptors (Lipinski definition) is 4. The van der Waals surface area contributed by atoms with Crippen LogP contribution in [0.3, 0.4) is 0 Å². The summed E-state index contributed by atoms with van der Waals surface area (Å²) >= 11 is 0. The zero-order chi connectivity index (χ0) is 20.2. The van der Waals surface area contributed by atoms with Gasteiger partial charge in [-0.25, -0.2) is 4.68 Å². The highest BCUT2D eigenvalue weighted by Gasteiger charge is 2.22. The van der Waals surface area contributed by atoms with Gasteiger partial charge < -0.3 is 15.4 Å². The number of halogens is 1. The van der Waals surface area contributed by atoms with Gasteiger partial charge in [0.15, 0.2) is 0 Å². The quantitative estimate of drug-likeness (QED) is 0.651. The van der Waals surface area contributed by atoms with Crippen LogP contribution in [0.4, 0.5) is 0 Å². The van der Waals surface area contributed by atoms with Gasteiger partial charge in [0.25, 0.3) is 5.91 Å². The molecule has 1 aromatic heterocycles. The van der Waals surface area contributed by atoms with Crippen molar-refractivity contribution >= 4 is 18.3 Å². The van der Waals surface area contributed by atoms with Crippen LogP contribution in [0.2, 0.25) is 0 Å². The van der Waals surface area contributed by atoms with E-state index in [1.807, 2.05) is 61.7 Å². The van der Waals surface area contributed by atoms with Crippen molar-refractivity contribution in [2.24, 2.45) is 0 Å². The number of piperidine rings is 1. The van der Waals surface area contributed by atoms with Crippen LogP contribution in [0.15, 0.2) is 54.7 Å². The fourth-order valence-electron chi connectivity index (χ4n) is 3.59. The number of hydrogen-bond donors (Lipinski definition) is 2. The van der Waals surface area contributed by atoms with Crippen molar-refractivity contribution in [1.29, 1.82) is 0 Å². The molecule has 1 saturated heterocycles. The monoisotopic (exact) mass is 426 g/mol. The van der Waals surface area contributed by atoms with Crippen molar-refractivity contribution in [2.45, 2.75) is 25.8 Å². The number of aryl methyl sites for hydroxylation is 1. The van der Waals surface area contributed by atoms with E-state index in [2.05, 4.69) is 10.6 Å². The molecule has 7 heteroatoms. The smallest absolute Gasteiger partial charge is 0.255 e. The van der Waals surface area contributed by atoms with Gasteiger partial charge in [0, 0.05) is 24.3 Å². The van der Waals surface area contributed by atoms with Crippen LogP contribution in [0, 0.1) is 6.92 Å². The molecule has 1 aliphatic rings. The Labute approximate surface area is 183 Å². The second-order valence-electron chi connectivity index (χ2n) is 7.42. The first-order valence-electron chi connectivity index (χ1n) is 9.97. The lowest BCUT2D eigenvalue weighted by Crippen LogP contribution is -2.45. The summed E-state index contributed by atoms with van der Waals surface area (Å²) in [6.45, 7) is 3.85. The van der Waals surface area contributed by atoms with Gasteiger partial charge in [-0.15, -0.1) is 12.4 Å². The number of nitrogens with one attached hydrogen (secondary N) is 2. The molecule has 158 valence electrons. The van der Waals surface area contributed by atoms with Crippen molar-refractivity contribution in [3.8, 4) is 22.7 Å². The molecule has 6 nitrogen and oxygen atoms in total. The molecule has 0 spiro atoms. The lowest BCUT2D eigenvalue weighted by Gasteiger charge is -2.23. The highest BCUT2D eigenvalue weighted by molar-refractivity contribution is 6.00. The molecule has 1 unspecified atom stereocenters. The van der Waals surface area contributed by atoms with Crippen molar-refractivity contribution in [2.75, 3.05) is 20.2 Å². The Morgan fingerprint density at radius 2 is 2.03 bits per heavy atom. The summed E-state index contributed by atoms with van der Waals surface area (Å²) in [6.07, 6.45) is 3.86. The average molecular weight is 427 g/mol. The van der Waals surface area contributed by atoms with Crippen LogP contribution >= 0.6 is 12.4 Å². The second-order valence-corrected chi connectivity index (χ2v) is 7.42. The Hall–Kier alpha value is -2.83. The molecular weight excluding hydrogens is 400 g/mol. The van der Waals surface area contributed by atoms with Gasteiger partial charge in [-0.1, -0.05) is 29.8 Å². The maximum Gasteiger partial charge on any atom is 0.255 e. The Morgan fingerprint density at radius 1 is 1.23 bits per heavy atom. The summed E-state index contributed by atoms with van der Waals surface area (Å²) in [6, 6.07) is 15.9. The topological polar surface area (TPSA) is 68.2 Å². The molecule has 1 fully saturated rings. The Kier molecular flexibility index (Phi) is 7.13. The number of amides is 1. The maximum absolute atomic E-state index is 13.1. The van der Waals surface area contributed by atoms with Gasteiger partial charge in [0.2, 0.25) is 0 Å². The number of carbonyl (C=O) groups is 1. The third-order valence-corrected chi connectivity index (χ3v) is 5.23. The van der Waals surface area contributed by atoms with E-state index in [1.54, 1.807) is 11.8 Å². The van der Waals surface area contributed by atoms with Crippen molar-refractivity contribution in [3.05, 3.63) is 65.9 Å². The first-order chi connectivity index (χ1) is 14.1. The molecular formula is C23H27ClN4O2. The number of nitrogens with zero attached hydrogens (tertiary/aromatic N) is 2. The predicted molar refractivity (Wildman–Crippen MR) is 121 cm³/mol. The summed E-state index contributed by atoms with van der Waals surface area (Å²) < 4.78 is 7.13. The SMILES string of the molecule is COc1cccc(-c2nn(-c3ccc(C)cc3)cc2C(=O)NC2CCCNC2)c1.Cl. The van der Waals surface area contributed by atoms with E-state index in [4.69, 9.17) is 9.84 Å². The van der Waals surface area contributed by atoms with Gasteiger partial charge in [-0.2, -0.15) is 5.10 Å². The third-order valence-electron chi connectivity index (χ3n) is 5.23. The molecule has 1 amide bonds. The van der Waals surface area contributed by atoms with Crippen LogP contribution < -0.4 is 15.4 Å². The van der Waals surface area contributed by atoms with Crippen molar-refractivity contribution < 1.29 is 9.53 Å². The summed E-state index contributed by atoms with van der Waals surface area (Å²) in [7, 11) is 1.63. The number of aromatic nitrogens is 2. The Morgan fingerprint density at radius 3 is 2.73 bits per heavy atom. The van der Waals surface area contributed by atoms with Gasteiger partial charge in [0.1, 0.15) is 11.4 Å². The van der Waals surface area contributed by atoms with Gasteiger partial charge in [-0.05, 0) is 50.6 Å². The minimum atomic E-state index is -0.102. The zero-order valence-corrected chi connectivity index (χ0v) is 18.0. The molecule has 0 radical (unpaired) electrons. The van der Waals surface area contributed by atoms with Gasteiger partial charge >= 0.3 is 0 Å². The van der Waals surface area contributed by atoms with E-state index in [9.17, 15) is 4.79 Å². The van der Waals surface area contributed by atoms with E-state index in [0.717, 1.165) is 42.9 Å². The molecule has 3 aromatic rings. The van der Waals surface area contributed by atoms with Crippen molar-refractivity contribution in [3.63, 3.8) is 0 Å². The molecule has 0 bridgehead atoms. The van der Waals surface area contributed by atoms with Crippen molar-refractivity contribution in [1.82, 2.24) is 20.4 Å². The maximum atomic E-state index is 13.1. The number of ether oxygens (including phenoxy) is 1. The number of methoxy groups -OCH3 is 1. The van der Waals surface area contributed by atoms with Crippen LogP contribution in [0.25, 0.3) is 16.9 Å². The van der Waals surface area contributed by atoms with Gasteiger partial charge in [0.05, 0.1) is 18.4 Å². The summed E-state index contributed by atoms with van der Waals surface area (Å²) in [5, 5.41) is 11.3. The van der Waals surface area contributed by atoms with E-state index in [1.165, 1.54) is 5.56 Å². The normalized spacial score (nSPS) is 15.9. The van der Waals surface area contributed by atoms with E-state index in [-0.39, 0.29) is 24.4 Å². The second kappa shape index (κ2) is 9.78. The highest BCUT2D eigenvalue weighted by atomic mass is 35.5. The molecule has 2 aromatic carbocycles. The molecule has 2 N–H and O–H groups in total. The van der Waals surface area contributed by atoms with Crippen LogP contribution in [0.5, 0.6) is 5.75 Å². The van der Waals surface area contributed by atoms with Crippen LogP contribution in [-0.2, 0) is 0 Å². The summed E-state index contributed by atoms with van der Waals surface area (Å²) in [5.74, 6) is 0.630. The first-order valence-corrected chi connectivity index (χ1v) is 9.97. The van der Waals surface area contributed by atoms with Crippen LogP contribution in [-0.4, -0.2) is 41.9 Å². The Bertz CT molecular complexity index is 995. The fraction of sp³-hybridized carbons (Fsp3) is 0.304. The minimum Gasteiger partial charge on any atom is -0.497 e. The summed E-state index contributed by atoms with van der Waals surface area (Å²) in [4.78, 5) is 13.1. The standard InChI is InChI=1S/C23H26N4O2.ClH/c1-16-8-10-19(11-9-16)27-15-21(23(28)25-18-6-4-12-24-14-18)22(26-27)17-5-3-7-20(13-17)29-2;/h3,5,7-11,13,15,18,24H,4,6,12,14H2,1-2H3,(H,25,28);1H. The molecule has 0 saturated carbocycles. The van der Waals surface area contributed by atoms with Gasteiger partial charge in [-0.3, -0.25) is 4.79 Å². The lowest BCUT2D eigenvalue weighted by atomic mass is 10.0. The highest BCUT2D eigenvalue weighted by Crippen LogP contribution is 2.27. The van der Waals surface area contributed by atoms with E-state index < -0.39 is 0 Å². The molecule has 0 aliphatic carbocycles. The molecule has 30 heavy (non-hydrogen) atoms. The summed E-state index contributed by atoms with van der Waals surface area (Å²) in [5.41, 5.74) is 4.15. The molecule has 4 rings (SSSR count). The molecule has 1 aliphatic heterocycles. The number of benzene rings is 2. The predicted octanol–water partition coefficient (Wildman–Crippen LogP) is 3.76. The largest absolute Gasteiger partial charge is 0.497 e. The first kappa shape index (κ1) is 21.9. The molecule has 2 heterocycles. The average Bonchev–Trinajstić information content (AvgIpc) is 3.21. The molecule has 1 atom stereocenters. The Balaban J connectivity index is 0.00000256. The third kappa shape index (κ3) is 4.83. The lowest BCUT2D eigenvalue weighted by molar-refractivity contribution is 0.0931. The van der Waals surface area contributed by atoms with E-state index in [0.29, 0.717) is 11.3 Å².